The number of fused-ring (bicyclic) bond motifs is 1. The van der Waals surface area contributed by atoms with Gasteiger partial charge in [0.1, 0.15) is 23.8 Å². The zero-order valence-electron chi connectivity index (χ0n) is 15.9. The molecule has 0 aliphatic heterocycles. The third-order valence-electron chi connectivity index (χ3n) is 4.31. The van der Waals surface area contributed by atoms with Gasteiger partial charge in [0.05, 0.1) is 10.7 Å². The van der Waals surface area contributed by atoms with Crippen LogP contribution in [0.3, 0.4) is 0 Å². The fourth-order valence-corrected chi connectivity index (χ4v) is 4.19. The Labute approximate surface area is 194 Å². The molecule has 0 aliphatic rings. The average molecular weight is 546 g/mol. The number of nitrogens with one attached hydrogen (secondary N) is 1. The van der Waals surface area contributed by atoms with Crippen LogP contribution in [0.2, 0.25) is 0 Å². The van der Waals surface area contributed by atoms with Crippen molar-refractivity contribution in [1.82, 2.24) is 5.43 Å². The minimum Gasteiger partial charge on any atom is -0.489 e. The largest absolute Gasteiger partial charge is 0.489 e. The summed E-state index contributed by atoms with van der Waals surface area (Å²) in [4.78, 5) is 12.3. The van der Waals surface area contributed by atoms with Crippen LogP contribution in [-0.4, -0.2) is 12.1 Å². The molecule has 4 rings (SSSR count). The minimum absolute atomic E-state index is 0.159. The number of halogens is 3. The quantitative estimate of drug-likeness (QED) is 0.224. The van der Waals surface area contributed by atoms with Crippen molar-refractivity contribution in [3.05, 3.63) is 98.4 Å². The van der Waals surface area contributed by atoms with Gasteiger partial charge in [-0.3, -0.25) is 4.79 Å². The van der Waals surface area contributed by atoms with Gasteiger partial charge in [-0.15, -0.1) is 0 Å². The zero-order chi connectivity index (χ0) is 21.8. The Kier molecular flexibility index (Phi) is 6.48. The predicted molar refractivity (Wildman–Crippen MR) is 124 cm³/mol. The topological polar surface area (TPSA) is 63.8 Å². The van der Waals surface area contributed by atoms with E-state index in [1.165, 1.54) is 18.3 Å². The molecule has 0 saturated carbocycles. The van der Waals surface area contributed by atoms with E-state index < -0.39 is 5.91 Å². The maximum atomic E-state index is 13.2. The molecule has 0 aliphatic carbocycles. The van der Waals surface area contributed by atoms with Crippen LogP contribution in [0.15, 0.2) is 85.2 Å². The van der Waals surface area contributed by atoms with Crippen molar-refractivity contribution in [1.29, 1.82) is 0 Å². The monoisotopic (exact) mass is 544 g/mol. The van der Waals surface area contributed by atoms with Crippen molar-refractivity contribution in [3.63, 3.8) is 0 Å². The molecule has 0 unspecified atom stereocenters. The summed E-state index contributed by atoms with van der Waals surface area (Å²) in [6.45, 7) is 0.269. The molecule has 0 saturated heterocycles. The van der Waals surface area contributed by atoms with E-state index in [9.17, 15) is 9.18 Å². The van der Waals surface area contributed by atoms with Crippen LogP contribution in [0.1, 0.15) is 21.7 Å². The van der Waals surface area contributed by atoms with Gasteiger partial charge < -0.3 is 9.15 Å². The first-order valence-corrected chi connectivity index (χ1v) is 10.8. The summed E-state index contributed by atoms with van der Waals surface area (Å²) in [5.41, 5.74) is 4.56. The predicted octanol–water partition coefficient (Wildman–Crippen LogP) is 6.44. The standard InChI is InChI=1S/C23H15Br2FN2O3/c24-17-9-16-10-21(31-22(16)20(25)11-17)23(29)28-27-12-14-4-6-19(7-5-14)30-13-15-2-1-3-18(26)8-15/h1-12H,13H2,(H,28,29)/b27-12-. The van der Waals surface area contributed by atoms with Gasteiger partial charge in [-0.25, -0.2) is 9.82 Å². The lowest BCUT2D eigenvalue weighted by molar-refractivity contribution is 0.0929. The molecule has 1 N–H and O–H groups in total. The number of hydrazone groups is 1. The zero-order valence-corrected chi connectivity index (χ0v) is 19.1. The van der Waals surface area contributed by atoms with Crippen molar-refractivity contribution >= 4 is 55.0 Å². The Morgan fingerprint density at radius 3 is 2.68 bits per heavy atom. The summed E-state index contributed by atoms with van der Waals surface area (Å²) in [5.74, 6) is 0.0554. The van der Waals surface area contributed by atoms with E-state index in [0.29, 0.717) is 11.3 Å². The maximum Gasteiger partial charge on any atom is 0.307 e. The fourth-order valence-electron chi connectivity index (χ4n) is 2.85. The van der Waals surface area contributed by atoms with Crippen LogP contribution < -0.4 is 10.2 Å². The first-order valence-electron chi connectivity index (χ1n) is 9.17. The SMILES string of the molecule is O=C(N/N=C\c1ccc(OCc2cccc(F)c2)cc1)c1cc2cc(Br)cc(Br)c2o1. The molecule has 1 amide bonds. The lowest BCUT2D eigenvalue weighted by Gasteiger charge is -2.06. The normalized spacial score (nSPS) is 11.2. The van der Waals surface area contributed by atoms with Gasteiger partial charge in [-0.1, -0.05) is 28.1 Å². The highest BCUT2D eigenvalue weighted by molar-refractivity contribution is 9.11. The second-order valence-electron chi connectivity index (χ2n) is 6.60. The van der Waals surface area contributed by atoms with E-state index in [1.54, 1.807) is 42.5 Å². The summed E-state index contributed by atoms with van der Waals surface area (Å²) in [6.07, 6.45) is 1.52. The molecule has 3 aromatic carbocycles. The molecular formula is C23H15Br2FN2O3. The number of hydrogen-bond acceptors (Lipinski definition) is 4. The van der Waals surface area contributed by atoms with E-state index in [4.69, 9.17) is 9.15 Å². The number of furan rings is 1. The van der Waals surface area contributed by atoms with Gasteiger partial charge in [0.15, 0.2) is 5.76 Å². The highest BCUT2D eigenvalue weighted by atomic mass is 79.9. The molecule has 0 spiro atoms. The molecule has 0 atom stereocenters. The Morgan fingerprint density at radius 1 is 1.10 bits per heavy atom. The Hall–Kier alpha value is -2.97. The van der Waals surface area contributed by atoms with E-state index in [2.05, 4.69) is 42.4 Å². The highest BCUT2D eigenvalue weighted by Crippen LogP contribution is 2.30. The molecule has 0 fully saturated rings. The summed E-state index contributed by atoms with van der Waals surface area (Å²) in [5, 5.41) is 4.77. The summed E-state index contributed by atoms with van der Waals surface area (Å²) < 4.78 is 26.1. The van der Waals surface area contributed by atoms with E-state index in [1.807, 2.05) is 12.1 Å². The molecule has 1 aromatic heterocycles. The smallest absolute Gasteiger partial charge is 0.307 e. The van der Waals surface area contributed by atoms with E-state index >= 15 is 0 Å². The van der Waals surface area contributed by atoms with Crippen molar-refractivity contribution in [2.45, 2.75) is 6.61 Å². The van der Waals surface area contributed by atoms with Gasteiger partial charge >= 0.3 is 5.91 Å². The lowest BCUT2D eigenvalue weighted by atomic mass is 10.2. The highest BCUT2D eigenvalue weighted by Gasteiger charge is 2.14. The summed E-state index contributed by atoms with van der Waals surface area (Å²) in [7, 11) is 0. The molecule has 8 heteroatoms. The second-order valence-corrected chi connectivity index (χ2v) is 8.37. The van der Waals surface area contributed by atoms with Crippen LogP contribution in [0.4, 0.5) is 4.39 Å². The molecule has 31 heavy (non-hydrogen) atoms. The Bertz CT molecular complexity index is 1270. The van der Waals surface area contributed by atoms with Crippen LogP contribution in [0.5, 0.6) is 5.75 Å². The summed E-state index contributed by atoms with van der Waals surface area (Å²) in [6, 6.07) is 18.8. The van der Waals surface area contributed by atoms with Crippen molar-refractivity contribution < 1.29 is 18.3 Å². The van der Waals surface area contributed by atoms with Gasteiger partial charge in [0, 0.05) is 9.86 Å². The van der Waals surface area contributed by atoms with Gasteiger partial charge in [0.25, 0.3) is 0 Å². The molecule has 156 valence electrons. The first-order chi connectivity index (χ1) is 15.0. The van der Waals surface area contributed by atoms with Crippen molar-refractivity contribution in [3.8, 4) is 5.75 Å². The number of carbonyl (C=O) groups is 1. The Balaban J connectivity index is 1.34. The average Bonchev–Trinajstić information content (AvgIpc) is 3.18. The number of hydrogen-bond donors (Lipinski definition) is 1. The molecular weight excluding hydrogens is 531 g/mol. The number of benzene rings is 3. The van der Waals surface area contributed by atoms with Crippen LogP contribution in [-0.2, 0) is 6.61 Å². The van der Waals surface area contributed by atoms with E-state index in [0.717, 1.165) is 25.5 Å². The van der Waals surface area contributed by atoms with Crippen LogP contribution >= 0.6 is 31.9 Å². The molecule has 5 nitrogen and oxygen atoms in total. The molecule has 0 bridgehead atoms. The second kappa shape index (κ2) is 9.45. The molecule has 4 aromatic rings. The van der Waals surface area contributed by atoms with Gasteiger partial charge in [-0.05, 0) is 81.7 Å². The van der Waals surface area contributed by atoms with Crippen LogP contribution in [0, 0.1) is 5.82 Å². The molecule has 0 radical (unpaired) electrons. The number of amides is 1. The molecule has 1 heterocycles. The van der Waals surface area contributed by atoms with Crippen molar-refractivity contribution in [2.24, 2.45) is 5.10 Å². The first kappa shape index (κ1) is 21.3. The third kappa shape index (κ3) is 5.39. The van der Waals surface area contributed by atoms with Gasteiger partial charge in [0.2, 0.25) is 0 Å². The van der Waals surface area contributed by atoms with E-state index in [-0.39, 0.29) is 18.2 Å². The fraction of sp³-hybridized carbons (Fsp3) is 0.0435. The van der Waals surface area contributed by atoms with Crippen LogP contribution in [0.25, 0.3) is 11.0 Å². The number of carbonyl (C=O) groups excluding carboxylic acids is 1. The number of ether oxygens (including phenoxy) is 1. The number of rotatable bonds is 6. The van der Waals surface area contributed by atoms with Crippen molar-refractivity contribution in [2.75, 3.05) is 0 Å². The summed E-state index contributed by atoms with van der Waals surface area (Å²) >= 11 is 6.82. The Morgan fingerprint density at radius 2 is 1.90 bits per heavy atom. The lowest BCUT2D eigenvalue weighted by Crippen LogP contribution is -2.16. The minimum atomic E-state index is -0.453. The number of nitrogens with zero attached hydrogens (tertiary/aromatic N) is 1. The maximum absolute atomic E-state index is 13.2. The third-order valence-corrected chi connectivity index (χ3v) is 5.36. The van der Waals surface area contributed by atoms with Gasteiger partial charge in [-0.2, -0.15) is 5.10 Å².